The molecule has 1 aromatic carbocycles. The Morgan fingerprint density at radius 3 is 2.36 bits per heavy atom. The number of furan rings is 1. The van der Waals surface area contributed by atoms with Gasteiger partial charge < -0.3 is 19.8 Å². The molecule has 28 heavy (non-hydrogen) atoms. The minimum atomic E-state index is -0.850. The zero-order valence-electron chi connectivity index (χ0n) is 15.5. The molecule has 1 aromatic heterocycles. The van der Waals surface area contributed by atoms with Gasteiger partial charge in [0.2, 0.25) is 17.6 Å². The van der Waals surface area contributed by atoms with Crippen molar-refractivity contribution in [3.63, 3.8) is 0 Å². The number of benzene rings is 1. The highest BCUT2D eigenvalue weighted by atomic mass is 16.5. The second-order valence-electron chi connectivity index (χ2n) is 5.82. The van der Waals surface area contributed by atoms with Gasteiger partial charge in [0.05, 0.1) is 6.54 Å². The fourth-order valence-corrected chi connectivity index (χ4v) is 2.17. The lowest BCUT2D eigenvalue weighted by atomic mass is 10.2. The quantitative estimate of drug-likeness (QED) is 0.408. The number of hydrogen-bond donors (Lipinski definition) is 2. The van der Waals surface area contributed by atoms with Gasteiger partial charge in [0, 0.05) is 13.8 Å². The molecule has 0 radical (unpaired) electrons. The number of rotatable bonds is 8. The molecule has 2 amide bonds. The zero-order chi connectivity index (χ0) is 20.5. The van der Waals surface area contributed by atoms with Crippen LogP contribution in [-0.4, -0.2) is 30.2 Å². The van der Waals surface area contributed by atoms with Crippen molar-refractivity contribution in [2.24, 2.45) is 0 Å². The maximum atomic E-state index is 12.3. The van der Waals surface area contributed by atoms with E-state index in [2.05, 4.69) is 10.6 Å². The van der Waals surface area contributed by atoms with Gasteiger partial charge in [0.1, 0.15) is 11.5 Å². The second kappa shape index (κ2) is 9.86. The maximum Gasteiger partial charge on any atom is 0.355 e. The van der Waals surface area contributed by atoms with E-state index in [0.717, 1.165) is 0 Å². The minimum absolute atomic E-state index is 0.00117. The predicted molar refractivity (Wildman–Crippen MR) is 99.8 cm³/mol. The van der Waals surface area contributed by atoms with Gasteiger partial charge >= 0.3 is 5.97 Å². The number of nitrogens with one attached hydrogen (secondary N) is 2. The number of esters is 1. The van der Waals surface area contributed by atoms with Crippen LogP contribution in [0.25, 0.3) is 6.08 Å². The Hall–Kier alpha value is -3.68. The Kier molecular flexibility index (Phi) is 7.27. The van der Waals surface area contributed by atoms with Crippen LogP contribution in [0.5, 0.6) is 0 Å². The number of carbonyl (C=O) groups excluding carboxylic acids is 4. The third kappa shape index (κ3) is 6.56. The Morgan fingerprint density at radius 2 is 1.71 bits per heavy atom. The number of Topliss-reactive ketones (excluding diaryl/α,β-unsaturated/α-hetero) is 1. The molecule has 0 bridgehead atoms. The average molecular weight is 384 g/mol. The standard InChI is InChI=1S/C20H20N2O6/c1-13(23)21-11-16-8-9-19(28-16)18(25)12-27-20(26)17(22-14(2)24)10-15-6-4-3-5-7-15/h3-10H,11-12H2,1-2H3,(H,21,23)(H,22,24)/b17-10-. The summed E-state index contributed by atoms with van der Waals surface area (Å²) in [6, 6.07) is 11.9. The van der Waals surface area contributed by atoms with Crippen LogP contribution in [0.15, 0.2) is 52.6 Å². The number of ether oxygens (including phenoxy) is 1. The van der Waals surface area contributed by atoms with Gasteiger partial charge in [-0.25, -0.2) is 4.79 Å². The lowest BCUT2D eigenvalue weighted by Gasteiger charge is -2.08. The molecule has 2 rings (SSSR count). The number of carbonyl (C=O) groups is 4. The van der Waals surface area contributed by atoms with Crippen molar-refractivity contribution in [2.45, 2.75) is 20.4 Å². The summed E-state index contributed by atoms with van der Waals surface area (Å²) in [5.74, 6) is -1.68. The summed E-state index contributed by atoms with van der Waals surface area (Å²) in [6.07, 6.45) is 1.45. The van der Waals surface area contributed by atoms with E-state index in [4.69, 9.17) is 9.15 Å². The fourth-order valence-electron chi connectivity index (χ4n) is 2.17. The number of ketones is 1. The van der Waals surface area contributed by atoms with Gasteiger partial charge in [-0.2, -0.15) is 0 Å². The normalized spacial score (nSPS) is 10.9. The third-order valence-corrected chi connectivity index (χ3v) is 3.42. The van der Waals surface area contributed by atoms with Crippen LogP contribution in [0.3, 0.4) is 0 Å². The molecule has 2 aromatic rings. The fraction of sp³-hybridized carbons (Fsp3) is 0.200. The largest absolute Gasteiger partial charge is 0.456 e. The smallest absolute Gasteiger partial charge is 0.355 e. The Bertz CT molecular complexity index is 898. The molecular formula is C20H20N2O6. The third-order valence-electron chi connectivity index (χ3n) is 3.42. The van der Waals surface area contributed by atoms with Gasteiger partial charge in [-0.05, 0) is 23.8 Å². The van der Waals surface area contributed by atoms with Crippen LogP contribution in [0.1, 0.15) is 35.7 Å². The van der Waals surface area contributed by atoms with E-state index in [1.165, 1.54) is 26.0 Å². The van der Waals surface area contributed by atoms with Crippen LogP contribution in [-0.2, 0) is 25.7 Å². The molecule has 0 fully saturated rings. The first-order chi connectivity index (χ1) is 13.3. The molecule has 0 saturated carbocycles. The first-order valence-corrected chi connectivity index (χ1v) is 8.43. The van der Waals surface area contributed by atoms with Crippen LogP contribution in [0.4, 0.5) is 0 Å². The molecule has 8 nitrogen and oxygen atoms in total. The molecule has 1 heterocycles. The van der Waals surface area contributed by atoms with E-state index in [-0.39, 0.29) is 23.9 Å². The van der Waals surface area contributed by atoms with Crippen LogP contribution in [0.2, 0.25) is 0 Å². The molecule has 0 aliphatic rings. The summed E-state index contributed by atoms with van der Waals surface area (Å²) >= 11 is 0. The predicted octanol–water partition coefficient (Wildman–Crippen LogP) is 1.82. The Balaban J connectivity index is 1.99. The number of amides is 2. The highest BCUT2D eigenvalue weighted by molar-refractivity contribution is 6.00. The molecule has 0 spiro atoms. The van der Waals surface area contributed by atoms with Gasteiger partial charge in [-0.3, -0.25) is 14.4 Å². The lowest BCUT2D eigenvalue weighted by Crippen LogP contribution is -2.27. The Morgan fingerprint density at radius 1 is 1.00 bits per heavy atom. The van der Waals surface area contributed by atoms with Gasteiger partial charge in [0.25, 0.3) is 0 Å². The van der Waals surface area contributed by atoms with Crippen LogP contribution < -0.4 is 10.6 Å². The molecule has 146 valence electrons. The van der Waals surface area contributed by atoms with Crippen molar-refractivity contribution in [1.29, 1.82) is 0 Å². The van der Waals surface area contributed by atoms with E-state index in [0.29, 0.717) is 11.3 Å². The topological polar surface area (TPSA) is 115 Å². The van der Waals surface area contributed by atoms with Gasteiger partial charge in [0.15, 0.2) is 12.4 Å². The Labute approximate surface area is 161 Å². The first-order valence-electron chi connectivity index (χ1n) is 8.43. The lowest BCUT2D eigenvalue weighted by molar-refractivity contribution is -0.139. The van der Waals surface area contributed by atoms with Crippen molar-refractivity contribution < 1.29 is 28.3 Å². The van der Waals surface area contributed by atoms with Gasteiger partial charge in [-0.1, -0.05) is 30.3 Å². The van der Waals surface area contributed by atoms with Crippen molar-refractivity contribution >= 4 is 29.6 Å². The molecule has 0 aliphatic heterocycles. The van der Waals surface area contributed by atoms with Crippen LogP contribution >= 0.6 is 0 Å². The SMILES string of the molecule is CC(=O)NCc1ccc(C(=O)COC(=O)/C(=C/c2ccccc2)NC(C)=O)o1. The van der Waals surface area contributed by atoms with E-state index in [1.54, 1.807) is 30.3 Å². The molecule has 0 unspecified atom stereocenters. The van der Waals surface area contributed by atoms with Crippen molar-refractivity contribution in [1.82, 2.24) is 10.6 Å². The summed E-state index contributed by atoms with van der Waals surface area (Å²) in [5, 5.41) is 4.94. The molecule has 0 atom stereocenters. The second-order valence-corrected chi connectivity index (χ2v) is 5.82. The van der Waals surface area contributed by atoms with Crippen molar-refractivity contribution in [2.75, 3.05) is 6.61 Å². The van der Waals surface area contributed by atoms with E-state index in [9.17, 15) is 19.2 Å². The minimum Gasteiger partial charge on any atom is -0.456 e. The summed E-state index contributed by atoms with van der Waals surface area (Å²) in [4.78, 5) is 46.6. The summed E-state index contributed by atoms with van der Waals surface area (Å²) in [5.41, 5.74) is 0.598. The van der Waals surface area contributed by atoms with Gasteiger partial charge in [-0.15, -0.1) is 0 Å². The summed E-state index contributed by atoms with van der Waals surface area (Å²) in [6.45, 7) is 2.22. The first kappa shape index (κ1) is 20.6. The average Bonchev–Trinajstić information content (AvgIpc) is 3.13. The maximum absolute atomic E-state index is 12.3. The number of hydrogen-bond acceptors (Lipinski definition) is 6. The van der Waals surface area contributed by atoms with E-state index in [1.807, 2.05) is 6.07 Å². The summed E-state index contributed by atoms with van der Waals surface area (Å²) in [7, 11) is 0. The highest BCUT2D eigenvalue weighted by Gasteiger charge is 2.17. The van der Waals surface area contributed by atoms with Crippen molar-refractivity contribution in [3.8, 4) is 0 Å². The van der Waals surface area contributed by atoms with Crippen molar-refractivity contribution in [3.05, 3.63) is 65.2 Å². The van der Waals surface area contributed by atoms with E-state index >= 15 is 0 Å². The molecule has 8 heteroatoms. The highest BCUT2D eigenvalue weighted by Crippen LogP contribution is 2.10. The molecule has 2 N–H and O–H groups in total. The monoisotopic (exact) mass is 384 g/mol. The summed E-state index contributed by atoms with van der Waals surface area (Å²) < 4.78 is 10.3. The zero-order valence-corrected chi connectivity index (χ0v) is 15.5. The van der Waals surface area contributed by atoms with E-state index < -0.39 is 24.3 Å². The molecular weight excluding hydrogens is 364 g/mol. The van der Waals surface area contributed by atoms with Crippen LogP contribution in [0, 0.1) is 0 Å². The molecule has 0 aliphatic carbocycles. The molecule has 0 saturated heterocycles.